The molecule has 1 aromatic carbocycles. The zero-order valence-corrected chi connectivity index (χ0v) is 9.44. The highest BCUT2D eigenvalue weighted by atomic mass is 19.4. The molecule has 0 radical (unpaired) electrons. The lowest BCUT2D eigenvalue weighted by atomic mass is 10.1. The molecule has 1 N–H and O–H groups in total. The Kier molecular flexibility index (Phi) is 2.48. The highest BCUT2D eigenvalue weighted by Crippen LogP contribution is 2.36. The molecule has 2 heterocycles. The summed E-state index contributed by atoms with van der Waals surface area (Å²) in [5.74, 6) is 0.106. The molecule has 0 aliphatic rings. The first kappa shape index (κ1) is 11.6. The van der Waals surface area contributed by atoms with Gasteiger partial charge in [-0.2, -0.15) is 13.2 Å². The normalized spacial score (nSPS) is 11.9. The first-order valence-electron chi connectivity index (χ1n) is 5.39. The third-order valence-electron chi connectivity index (χ3n) is 2.62. The maximum absolute atomic E-state index is 12.9. The van der Waals surface area contributed by atoms with E-state index in [1.807, 2.05) is 0 Å². The quantitative estimate of drug-likeness (QED) is 0.735. The molecule has 2 aromatic heterocycles. The molecule has 3 aromatic rings. The monoisotopic (exact) mass is 264 g/mol. The van der Waals surface area contributed by atoms with Gasteiger partial charge < -0.3 is 4.98 Å². The van der Waals surface area contributed by atoms with E-state index in [0.717, 1.165) is 6.07 Å². The number of halogens is 3. The Morgan fingerprint density at radius 3 is 2.47 bits per heavy atom. The number of nitrogens with zero attached hydrogens (tertiary/aromatic N) is 3. The summed E-state index contributed by atoms with van der Waals surface area (Å²) in [6.07, 6.45) is -1.56. The van der Waals surface area contributed by atoms with Crippen molar-refractivity contribution in [1.29, 1.82) is 0 Å². The predicted molar refractivity (Wildman–Crippen MR) is 62.1 cm³/mol. The molecule has 0 spiro atoms. The van der Waals surface area contributed by atoms with Gasteiger partial charge in [0.1, 0.15) is 5.82 Å². The summed E-state index contributed by atoms with van der Waals surface area (Å²) in [5, 5.41) is 0. The number of hydrogen-bond acceptors (Lipinski definition) is 3. The van der Waals surface area contributed by atoms with Crippen LogP contribution in [-0.4, -0.2) is 19.9 Å². The SMILES string of the molecule is FC(F)(F)c1ccccc1-c1nc2nccnc2[nH]1. The molecular formula is C12H7F3N4. The van der Waals surface area contributed by atoms with Gasteiger partial charge in [-0.25, -0.2) is 15.0 Å². The lowest BCUT2D eigenvalue weighted by Crippen LogP contribution is -2.07. The number of hydrogen-bond donors (Lipinski definition) is 1. The van der Waals surface area contributed by atoms with Crippen molar-refractivity contribution < 1.29 is 13.2 Å². The summed E-state index contributed by atoms with van der Waals surface area (Å²) in [4.78, 5) is 14.7. The third kappa shape index (κ3) is 2.03. The number of rotatable bonds is 1. The smallest absolute Gasteiger partial charge is 0.321 e. The van der Waals surface area contributed by atoms with Gasteiger partial charge in [-0.15, -0.1) is 0 Å². The fourth-order valence-electron chi connectivity index (χ4n) is 1.81. The van der Waals surface area contributed by atoms with Gasteiger partial charge in [0.2, 0.25) is 0 Å². The fourth-order valence-corrected chi connectivity index (χ4v) is 1.81. The van der Waals surface area contributed by atoms with Gasteiger partial charge in [-0.05, 0) is 6.07 Å². The molecule has 0 atom stereocenters. The maximum atomic E-state index is 12.9. The minimum atomic E-state index is -4.43. The van der Waals surface area contributed by atoms with Gasteiger partial charge in [-0.3, -0.25) is 0 Å². The number of H-pyrrole nitrogens is 1. The summed E-state index contributed by atoms with van der Waals surface area (Å²) < 4.78 is 38.7. The molecule has 96 valence electrons. The van der Waals surface area contributed by atoms with E-state index >= 15 is 0 Å². The first-order chi connectivity index (χ1) is 9.05. The standard InChI is InChI=1S/C12H7F3N4/c13-12(14,15)8-4-2-1-3-7(8)9-18-10-11(19-9)17-6-5-16-10/h1-6H,(H,16,17,18,19). The molecule has 19 heavy (non-hydrogen) atoms. The molecule has 0 bridgehead atoms. The van der Waals surface area contributed by atoms with Crippen LogP contribution in [0.3, 0.4) is 0 Å². The number of aromatic amines is 1. The van der Waals surface area contributed by atoms with E-state index in [1.54, 1.807) is 0 Å². The van der Waals surface area contributed by atoms with Crippen molar-refractivity contribution in [3.8, 4) is 11.4 Å². The number of imidazole rings is 1. The highest BCUT2D eigenvalue weighted by molar-refractivity contribution is 5.73. The first-order valence-corrected chi connectivity index (χ1v) is 5.39. The number of aromatic nitrogens is 4. The Bertz CT molecular complexity index is 700. The second-order valence-electron chi connectivity index (χ2n) is 3.86. The van der Waals surface area contributed by atoms with Crippen LogP contribution in [0.2, 0.25) is 0 Å². The van der Waals surface area contributed by atoms with Crippen LogP contribution < -0.4 is 0 Å². The second-order valence-corrected chi connectivity index (χ2v) is 3.86. The number of nitrogens with one attached hydrogen (secondary N) is 1. The van der Waals surface area contributed by atoms with E-state index in [2.05, 4.69) is 19.9 Å². The van der Waals surface area contributed by atoms with Crippen molar-refractivity contribution in [3.05, 3.63) is 42.2 Å². The molecule has 0 fully saturated rings. The summed E-state index contributed by atoms with van der Waals surface area (Å²) >= 11 is 0. The molecule has 0 amide bonds. The minimum absolute atomic E-state index is 0.0187. The second kappa shape index (κ2) is 4.04. The zero-order chi connectivity index (χ0) is 13.5. The van der Waals surface area contributed by atoms with Gasteiger partial charge in [-0.1, -0.05) is 18.2 Å². The van der Waals surface area contributed by atoms with Crippen molar-refractivity contribution in [2.24, 2.45) is 0 Å². The average Bonchev–Trinajstić information content (AvgIpc) is 2.81. The van der Waals surface area contributed by atoms with Crippen LogP contribution in [0.25, 0.3) is 22.7 Å². The van der Waals surface area contributed by atoms with Gasteiger partial charge in [0.15, 0.2) is 11.3 Å². The van der Waals surface area contributed by atoms with Gasteiger partial charge >= 0.3 is 6.18 Å². The number of benzene rings is 1. The van der Waals surface area contributed by atoms with Crippen molar-refractivity contribution in [1.82, 2.24) is 19.9 Å². The molecule has 7 heteroatoms. The van der Waals surface area contributed by atoms with Crippen LogP contribution in [0.4, 0.5) is 13.2 Å². The topological polar surface area (TPSA) is 54.5 Å². The fraction of sp³-hybridized carbons (Fsp3) is 0.0833. The largest absolute Gasteiger partial charge is 0.417 e. The van der Waals surface area contributed by atoms with Crippen LogP contribution in [0.15, 0.2) is 36.7 Å². The van der Waals surface area contributed by atoms with E-state index in [-0.39, 0.29) is 17.0 Å². The van der Waals surface area contributed by atoms with Crippen LogP contribution in [-0.2, 0) is 6.18 Å². The Morgan fingerprint density at radius 1 is 1.00 bits per heavy atom. The summed E-state index contributed by atoms with van der Waals surface area (Å²) in [5.41, 5.74) is -0.118. The summed E-state index contributed by atoms with van der Waals surface area (Å²) in [7, 11) is 0. The molecular weight excluding hydrogens is 257 g/mol. The Hall–Kier alpha value is -2.44. The number of fused-ring (bicyclic) bond motifs is 1. The zero-order valence-electron chi connectivity index (χ0n) is 9.44. The molecule has 0 aliphatic carbocycles. The van der Waals surface area contributed by atoms with E-state index in [4.69, 9.17) is 0 Å². The van der Waals surface area contributed by atoms with Crippen LogP contribution >= 0.6 is 0 Å². The summed E-state index contributed by atoms with van der Waals surface area (Å²) in [6, 6.07) is 5.24. The van der Waals surface area contributed by atoms with Gasteiger partial charge in [0, 0.05) is 18.0 Å². The predicted octanol–water partition coefficient (Wildman–Crippen LogP) is 3.04. The van der Waals surface area contributed by atoms with Crippen molar-refractivity contribution in [2.75, 3.05) is 0 Å². The molecule has 0 saturated heterocycles. The van der Waals surface area contributed by atoms with E-state index in [1.165, 1.54) is 30.6 Å². The molecule has 0 saturated carbocycles. The molecule has 0 unspecified atom stereocenters. The molecule has 3 rings (SSSR count). The van der Waals surface area contributed by atoms with Crippen LogP contribution in [0.1, 0.15) is 5.56 Å². The van der Waals surface area contributed by atoms with Crippen molar-refractivity contribution >= 4 is 11.3 Å². The highest BCUT2D eigenvalue weighted by Gasteiger charge is 2.34. The lowest BCUT2D eigenvalue weighted by Gasteiger charge is -2.10. The minimum Gasteiger partial charge on any atom is -0.321 e. The van der Waals surface area contributed by atoms with Gasteiger partial charge in [0.05, 0.1) is 5.56 Å². The van der Waals surface area contributed by atoms with Crippen LogP contribution in [0.5, 0.6) is 0 Å². The van der Waals surface area contributed by atoms with Crippen molar-refractivity contribution in [3.63, 3.8) is 0 Å². The number of alkyl halides is 3. The third-order valence-corrected chi connectivity index (χ3v) is 2.62. The van der Waals surface area contributed by atoms with E-state index in [9.17, 15) is 13.2 Å². The maximum Gasteiger partial charge on any atom is 0.417 e. The Morgan fingerprint density at radius 2 is 1.74 bits per heavy atom. The van der Waals surface area contributed by atoms with Crippen LogP contribution in [0, 0.1) is 0 Å². The van der Waals surface area contributed by atoms with Gasteiger partial charge in [0.25, 0.3) is 0 Å². The Labute approximate surface area is 105 Å². The molecule has 4 nitrogen and oxygen atoms in total. The van der Waals surface area contributed by atoms with E-state index in [0.29, 0.717) is 5.65 Å². The average molecular weight is 264 g/mol. The molecule has 0 aliphatic heterocycles. The summed E-state index contributed by atoms with van der Waals surface area (Å²) in [6.45, 7) is 0. The van der Waals surface area contributed by atoms with Crippen molar-refractivity contribution in [2.45, 2.75) is 6.18 Å². The Balaban J connectivity index is 2.22. The lowest BCUT2D eigenvalue weighted by molar-refractivity contribution is -0.137. The van der Waals surface area contributed by atoms with E-state index < -0.39 is 11.7 Å².